The monoisotopic (exact) mass is 1200 g/mol. The van der Waals surface area contributed by atoms with Crippen molar-refractivity contribution in [2.24, 2.45) is 11.8 Å². The Morgan fingerprint density at radius 3 is 1.62 bits per heavy atom. The van der Waals surface area contributed by atoms with Gasteiger partial charge < -0.3 is 43.9 Å². The van der Waals surface area contributed by atoms with Crippen LogP contribution in [0.2, 0.25) is 0 Å². The molecule has 14 nitrogen and oxygen atoms in total. The number of rotatable bonds is 11. The third-order valence-electron chi connectivity index (χ3n) is 17.6. The molecule has 4 aliphatic heterocycles. The fraction of sp³-hybridized carbons (Fsp3) is 0.375. The Kier molecular flexibility index (Phi) is 16.4. The van der Waals surface area contributed by atoms with Crippen LogP contribution in [0.1, 0.15) is 95.3 Å². The second-order valence-electron chi connectivity index (χ2n) is 22.5. The molecule has 8 aromatic rings. The number of alkyl halides is 1. The van der Waals surface area contributed by atoms with Crippen molar-refractivity contribution in [3.63, 3.8) is 0 Å². The molecule has 6 aliphatic rings. The van der Waals surface area contributed by atoms with E-state index < -0.39 is 34.4 Å². The molecule has 14 rings (SSSR count). The molecule has 2 aromatic heterocycles. The van der Waals surface area contributed by atoms with Crippen LogP contribution >= 0.6 is 28.3 Å². The maximum atomic E-state index is 15.9. The summed E-state index contributed by atoms with van der Waals surface area (Å²) in [5.74, 6) is -2.22. The number of carbonyl (C=O) groups is 2. The Labute approximate surface area is 487 Å². The minimum absolute atomic E-state index is 0. The number of aromatic carboxylic acids is 2. The number of hydrogen-bond donors (Lipinski definition) is 3. The van der Waals surface area contributed by atoms with Gasteiger partial charge in [-0.3, -0.25) is 14.5 Å². The Balaban J connectivity index is 0.000000146. The Bertz CT molecular complexity index is 3880. The number of pyridine rings is 2. The van der Waals surface area contributed by atoms with Crippen LogP contribution < -0.4 is 35.4 Å². The molecule has 3 N–H and O–H groups in total. The van der Waals surface area contributed by atoms with Crippen LogP contribution in [0.3, 0.4) is 0 Å². The van der Waals surface area contributed by atoms with E-state index in [0.717, 1.165) is 82.9 Å². The number of hydrogen-bond acceptors (Lipinski definition) is 10. The third-order valence-corrected chi connectivity index (χ3v) is 18.2. The molecule has 4 atom stereocenters. The van der Waals surface area contributed by atoms with E-state index in [0.29, 0.717) is 71.4 Å². The van der Waals surface area contributed by atoms with Gasteiger partial charge in [-0.2, -0.15) is 0 Å². The lowest BCUT2D eigenvalue weighted by atomic mass is 9.91. The van der Waals surface area contributed by atoms with Crippen LogP contribution in [0.25, 0.3) is 43.4 Å². The molecule has 428 valence electrons. The Morgan fingerprint density at radius 2 is 1.11 bits per heavy atom. The predicted molar refractivity (Wildman–Crippen MR) is 324 cm³/mol. The third kappa shape index (κ3) is 10.7. The number of ether oxygens (including phenoxy) is 2. The summed E-state index contributed by atoms with van der Waals surface area (Å²) in [6.07, 6.45) is 10.7. The second-order valence-corrected chi connectivity index (χ2v) is 23.1. The minimum Gasteiger partial charge on any atom is -0.492 e. The van der Waals surface area contributed by atoms with Gasteiger partial charge in [0.15, 0.2) is 23.1 Å². The number of piperidine rings is 2. The molecule has 6 aromatic carbocycles. The number of carboxylic acids is 2. The standard InChI is InChI=1S/C32H32FN3O4.C21H24FN3O4.C11H9Br.ClH/c1-40-31-28-24(30(37)25(32(38)39)17-36(28)22-11-12-22)14-26(33)29(31)35-16-21-9-5-13-34(27(21)18-35)15-20-8-4-7-19-6-2-3-10-23(19)20;1-29-20-17-13(19(26)14(21(27)28)9-25(17)12-4-5-12)7-15(22)18(20)24-8-11-3-2-6-23-16(11)10-24;12-8-10-6-3-5-9-4-1-2-7-11(9)10;/h2-4,6-8,10,14,17,21-22,27H,5,9,11-13,15-16,18H2,1H3,(H,38,39);7,9,11-12,16,23H,2-6,8,10H2,1H3,(H,27,28);1-7H,8H2;1H/t21-,27+;11-,16+;;/m00../s1. The van der Waals surface area contributed by atoms with Gasteiger partial charge in [-0.15, -0.1) is 12.4 Å². The van der Waals surface area contributed by atoms with Gasteiger partial charge >= 0.3 is 11.9 Å². The van der Waals surface area contributed by atoms with E-state index in [9.17, 15) is 29.4 Å². The zero-order valence-corrected chi connectivity index (χ0v) is 48.2. The van der Waals surface area contributed by atoms with E-state index in [1.807, 2.05) is 9.47 Å². The number of carboxylic acid groups (broad SMARTS) is 2. The van der Waals surface area contributed by atoms with Crippen molar-refractivity contribution in [3.05, 3.63) is 164 Å². The van der Waals surface area contributed by atoms with Crippen LogP contribution in [-0.4, -0.2) is 102 Å². The van der Waals surface area contributed by atoms with E-state index in [4.69, 9.17) is 9.47 Å². The molecule has 2 aliphatic carbocycles. The summed E-state index contributed by atoms with van der Waals surface area (Å²) in [7, 11) is 2.98. The molecule has 0 unspecified atom stereocenters. The van der Waals surface area contributed by atoms with Gasteiger partial charge in [0.2, 0.25) is 10.9 Å². The largest absolute Gasteiger partial charge is 0.492 e. The fourth-order valence-corrected chi connectivity index (χ4v) is 13.9. The summed E-state index contributed by atoms with van der Waals surface area (Å²) in [6, 6.07) is 32.9. The molecule has 2 saturated carbocycles. The number of anilines is 2. The zero-order valence-electron chi connectivity index (χ0n) is 45.8. The average Bonchev–Trinajstić information content (AvgIpc) is 4.45. The van der Waals surface area contributed by atoms with Gasteiger partial charge in [0.25, 0.3) is 0 Å². The van der Waals surface area contributed by atoms with E-state index in [2.05, 4.69) is 116 Å². The number of benzene rings is 6. The van der Waals surface area contributed by atoms with Crippen LogP contribution in [-0.2, 0) is 11.9 Å². The quantitative estimate of drug-likeness (QED) is 0.105. The summed E-state index contributed by atoms with van der Waals surface area (Å²) in [5.41, 5.74) is 2.33. The number of likely N-dealkylation sites (tertiary alicyclic amines) is 1. The normalized spacial score (nSPS) is 20.4. The van der Waals surface area contributed by atoms with Crippen molar-refractivity contribution < 1.29 is 38.1 Å². The fourth-order valence-electron chi connectivity index (χ4n) is 13.4. The Hall–Kier alpha value is -7.05. The van der Waals surface area contributed by atoms with Crippen LogP contribution in [0.4, 0.5) is 20.2 Å². The molecule has 82 heavy (non-hydrogen) atoms. The van der Waals surface area contributed by atoms with Gasteiger partial charge in [0.1, 0.15) is 22.5 Å². The van der Waals surface area contributed by atoms with Crippen LogP contribution in [0, 0.1) is 23.5 Å². The first-order valence-corrected chi connectivity index (χ1v) is 29.3. The minimum atomic E-state index is -1.31. The number of nitrogens with zero attached hydrogens (tertiary/aromatic N) is 5. The lowest BCUT2D eigenvalue weighted by molar-refractivity contribution is 0.0684. The molecule has 0 spiro atoms. The van der Waals surface area contributed by atoms with E-state index >= 15 is 8.78 Å². The van der Waals surface area contributed by atoms with E-state index in [1.165, 1.54) is 71.4 Å². The summed E-state index contributed by atoms with van der Waals surface area (Å²) < 4.78 is 46.4. The smallest absolute Gasteiger partial charge is 0.341 e. The molecule has 18 heteroatoms. The van der Waals surface area contributed by atoms with Crippen LogP contribution in [0.15, 0.2) is 119 Å². The number of halogens is 4. The van der Waals surface area contributed by atoms with Crippen molar-refractivity contribution in [2.45, 2.75) is 87.4 Å². The van der Waals surface area contributed by atoms with Crippen LogP contribution in [0.5, 0.6) is 11.5 Å². The van der Waals surface area contributed by atoms with Gasteiger partial charge in [0.05, 0.1) is 36.0 Å². The molecule has 6 heterocycles. The second kappa shape index (κ2) is 23.7. The number of aromatic nitrogens is 2. The molecular formula is C64H66BrClF2N6O8. The first kappa shape index (κ1) is 56.8. The predicted octanol–water partition coefficient (Wildman–Crippen LogP) is 12.0. The SMILES string of the molecule is BrCc1cccc2ccccc12.COc1c(N2C[C@@H]3CCCN(Cc4cccc5ccccc45)[C@@H]3C2)c(F)cc2c(=O)c(C(=O)O)cn(C3CC3)c12.COc1c(N2C[C@@H]3CCCN[C@@H]3C2)c(F)cc2c(=O)c(C(=O)O)cn(C3CC3)c12.Cl. The number of fused-ring (bicyclic) bond motifs is 6. The molecule has 4 saturated heterocycles. The average molecular weight is 1200 g/mol. The highest BCUT2D eigenvalue weighted by Gasteiger charge is 2.42. The van der Waals surface area contributed by atoms with Crippen molar-refractivity contribution >= 4 is 95.0 Å². The summed E-state index contributed by atoms with van der Waals surface area (Å²) in [5, 5.41) is 28.8. The highest BCUT2D eigenvalue weighted by molar-refractivity contribution is 9.08. The Morgan fingerprint density at radius 1 is 0.622 bits per heavy atom. The molecule has 0 amide bonds. The first-order chi connectivity index (χ1) is 39.3. The van der Waals surface area contributed by atoms with Gasteiger partial charge in [-0.25, -0.2) is 18.4 Å². The first-order valence-electron chi connectivity index (χ1n) is 28.2. The van der Waals surface area contributed by atoms with Crippen molar-refractivity contribution in [2.75, 3.05) is 63.3 Å². The summed E-state index contributed by atoms with van der Waals surface area (Å²) in [6.45, 7) is 5.60. The summed E-state index contributed by atoms with van der Waals surface area (Å²) >= 11 is 3.48. The topological polar surface area (TPSA) is 159 Å². The lowest BCUT2D eigenvalue weighted by Gasteiger charge is -2.37. The maximum Gasteiger partial charge on any atom is 0.341 e. The van der Waals surface area contributed by atoms with Crippen molar-refractivity contribution in [3.8, 4) is 11.5 Å². The molecule has 0 radical (unpaired) electrons. The highest BCUT2D eigenvalue weighted by atomic mass is 79.9. The van der Waals surface area contributed by atoms with Gasteiger partial charge in [-0.05, 0) is 121 Å². The van der Waals surface area contributed by atoms with E-state index in [-0.39, 0.29) is 52.4 Å². The maximum absolute atomic E-state index is 15.9. The highest BCUT2D eigenvalue weighted by Crippen LogP contribution is 2.48. The van der Waals surface area contributed by atoms with Gasteiger partial charge in [-0.1, -0.05) is 101 Å². The van der Waals surface area contributed by atoms with Gasteiger partial charge in [0, 0.05) is 74.6 Å². The molecular weight excluding hydrogens is 1130 g/mol. The lowest BCUT2D eigenvalue weighted by Crippen LogP contribution is -2.44. The van der Waals surface area contributed by atoms with Crippen molar-refractivity contribution in [1.82, 2.24) is 19.4 Å². The molecule has 0 bridgehead atoms. The van der Waals surface area contributed by atoms with Crippen molar-refractivity contribution in [1.29, 1.82) is 0 Å². The number of methoxy groups -OCH3 is 2. The van der Waals surface area contributed by atoms with E-state index in [1.54, 1.807) is 4.57 Å². The summed E-state index contributed by atoms with van der Waals surface area (Å²) in [4.78, 5) is 55.9. The molecule has 6 fully saturated rings. The number of nitrogens with one attached hydrogen (secondary N) is 1. The zero-order chi connectivity index (χ0) is 56.2.